The number of thiophene rings is 1. The van der Waals surface area contributed by atoms with Crippen LogP contribution < -0.4 is 10.3 Å². The van der Waals surface area contributed by atoms with Crippen LogP contribution in [-0.2, 0) is 24.2 Å². The van der Waals surface area contributed by atoms with E-state index in [-0.39, 0.29) is 35.0 Å². The number of H-pyrrole nitrogens is 1. The zero-order valence-corrected chi connectivity index (χ0v) is 17.2. The van der Waals surface area contributed by atoms with E-state index < -0.39 is 10.9 Å². The van der Waals surface area contributed by atoms with E-state index in [1.165, 1.54) is 35.5 Å². The molecule has 0 aliphatic heterocycles. The molecule has 0 radical (unpaired) electrons. The van der Waals surface area contributed by atoms with Gasteiger partial charge in [0.1, 0.15) is 17.3 Å². The highest BCUT2D eigenvalue weighted by Crippen LogP contribution is 2.35. The van der Waals surface area contributed by atoms with Gasteiger partial charge in [0, 0.05) is 10.9 Å². The monoisotopic (exact) mass is 429 g/mol. The number of ether oxygens (including phenoxy) is 2. The predicted octanol–water partition coefficient (Wildman–Crippen LogP) is 3.38. The second kappa shape index (κ2) is 7.86. The number of rotatable bonds is 5. The number of fused-ring (bicyclic) bond motifs is 3. The topological polar surface area (TPSA) is 124 Å². The average Bonchev–Trinajstić information content (AvgIpc) is 3.09. The number of esters is 1. The van der Waals surface area contributed by atoms with Crippen LogP contribution in [0.15, 0.2) is 23.0 Å². The summed E-state index contributed by atoms with van der Waals surface area (Å²) in [6.45, 7) is 1.95. The first-order valence-electron chi connectivity index (χ1n) is 9.40. The van der Waals surface area contributed by atoms with Crippen LogP contribution in [0.2, 0.25) is 0 Å². The maximum atomic E-state index is 12.6. The van der Waals surface area contributed by atoms with Crippen molar-refractivity contribution in [2.75, 3.05) is 7.11 Å². The highest BCUT2D eigenvalue weighted by atomic mass is 32.1. The maximum Gasteiger partial charge on any atom is 0.338 e. The Labute approximate surface area is 174 Å². The summed E-state index contributed by atoms with van der Waals surface area (Å²) in [7, 11) is 1.31. The number of hydrogen-bond acceptors (Lipinski definition) is 8. The largest absolute Gasteiger partial charge is 0.490 e. The molecule has 0 spiro atoms. The van der Waals surface area contributed by atoms with Crippen LogP contribution in [0, 0.1) is 16.0 Å². The fourth-order valence-electron chi connectivity index (χ4n) is 3.64. The van der Waals surface area contributed by atoms with Crippen LogP contribution in [0.4, 0.5) is 5.69 Å². The lowest BCUT2D eigenvalue weighted by molar-refractivity contribution is -0.385. The normalized spacial score (nSPS) is 15.6. The minimum Gasteiger partial charge on any atom is -0.490 e. The van der Waals surface area contributed by atoms with E-state index in [0.717, 1.165) is 30.9 Å². The Kier molecular flexibility index (Phi) is 5.25. The number of nitro benzene ring substituents is 1. The summed E-state index contributed by atoms with van der Waals surface area (Å²) < 4.78 is 10.1. The number of carbonyl (C=O) groups is 1. The van der Waals surface area contributed by atoms with Crippen LogP contribution in [0.25, 0.3) is 10.2 Å². The molecule has 1 aliphatic rings. The zero-order chi connectivity index (χ0) is 21.4. The highest BCUT2D eigenvalue weighted by Gasteiger charge is 2.23. The molecule has 0 amide bonds. The Morgan fingerprint density at radius 3 is 2.97 bits per heavy atom. The number of methoxy groups -OCH3 is 1. The molecule has 3 aromatic rings. The summed E-state index contributed by atoms with van der Waals surface area (Å²) in [5, 5.41) is 11.8. The third-order valence-corrected chi connectivity index (χ3v) is 6.31. The Hall–Kier alpha value is -3.27. The molecule has 1 aliphatic carbocycles. The van der Waals surface area contributed by atoms with Crippen LogP contribution in [0.3, 0.4) is 0 Å². The van der Waals surface area contributed by atoms with Gasteiger partial charge >= 0.3 is 11.7 Å². The third-order valence-electron chi connectivity index (χ3n) is 5.17. The van der Waals surface area contributed by atoms with Crippen molar-refractivity contribution in [3.63, 3.8) is 0 Å². The summed E-state index contributed by atoms with van der Waals surface area (Å²) in [5.41, 5.74) is 0.513. The SMILES string of the molecule is COc1ccc(C(=O)OCc2nc3sc4c(c3c(=O)[nH]2)CCC(C)C4)cc1[N+](=O)[O-]. The number of carbonyl (C=O) groups excluding carboxylic acids is 1. The van der Waals surface area contributed by atoms with Gasteiger partial charge in [-0.25, -0.2) is 9.78 Å². The minimum absolute atomic E-state index is 0.00602. The molecule has 156 valence electrons. The average molecular weight is 429 g/mol. The first kappa shape index (κ1) is 20.0. The summed E-state index contributed by atoms with van der Waals surface area (Å²) in [4.78, 5) is 44.4. The van der Waals surface area contributed by atoms with Crippen molar-refractivity contribution in [1.29, 1.82) is 0 Å². The van der Waals surface area contributed by atoms with Crippen molar-refractivity contribution in [3.05, 3.63) is 60.5 Å². The highest BCUT2D eigenvalue weighted by molar-refractivity contribution is 7.18. The summed E-state index contributed by atoms with van der Waals surface area (Å²) in [6, 6.07) is 3.80. The zero-order valence-electron chi connectivity index (χ0n) is 16.4. The number of aromatic amines is 1. The summed E-state index contributed by atoms with van der Waals surface area (Å²) in [5.74, 6) is 0.0981. The first-order chi connectivity index (χ1) is 14.4. The molecule has 1 atom stereocenters. The standard InChI is InChI=1S/C20H19N3O6S/c1-10-3-5-12-15(7-10)30-19-17(12)18(24)21-16(22-19)9-29-20(25)11-4-6-14(28-2)13(8-11)23(26)27/h4,6,8,10H,3,5,7,9H2,1-2H3,(H,21,22,24). The molecular weight excluding hydrogens is 410 g/mol. The van der Waals surface area contributed by atoms with E-state index in [2.05, 4.69) is 16.9 Å². The Morgan fingerprint density at radius 2 is 2.23 bits per heavy atom. The number of nitrogens with one attached hydrogen (secondary N) is 1. The number of nitrogens with zero attached hydrogens (tertiary/aromatic N) is 2. The first-order valence-corrected chi connectivity index (χ1v) is 10.2. The van der Waals surface area contributed by atoms with Crippen molar-refractivity contribution in [1.82, 2.24) is 9.97 Å². The molecule has 9 nitrogen and oxygen atoms in total. The van der Waals surface area contributed by atoms with Gasteiger partial charge in [-0.1, -0.05) is 6.92 Å². The fraction of sp³-hybridized carbons (Fsp3) is 0.350. The van der Waals surface area contributed by atoms with Crippen LogP contribution in [0.5, 0.6) is 5.75 Å². The van der Waals surface area contributed by atoms with Crippen molar-refractivity contribution < 1.29 is 19.2 Å². The minimum atomic E-state index is -0.761. The number of hydrogen-bond donors (Lipinski definition) is 1. The quantitative estimate of drug-likeness (QED) is 0.374. The maximum absolute atomic E-state index is 12.6. The smallest absolute Gasteiger partial charge is 0.338 e. The van der Waals surface area contributed by atoms with Gasteiger partial charge in [0.25, 0.3) is 5.56 Å². The lowest BCUT2D eigenvalue weighted by Gasteiger charge is -2.17. The third kappa shape index (κ3) is 3.65. The van der Waals surface area contributed by atoms with E-state index in [0.29, 0.717) is 16.1 Å². The number of aromatic nitrogens is 2. The molecule has 4 rings (SSSR count). The van der Waals surface area contributed by atoms with Crippen molar-refractivity contribution in [2.24, 2.45) is 5.92 Å². The van der Waals surface area contributed by atoms with E-state index in [1.807, 2.05) is 0 Å². The molecule has 1 N–H and O–H groups in total. The molecule has 1 unspecified atom stereocenters. The molecule has 2 aromatic heterocycles. The summed E-state index contributed by atoms with van der Waals surface area (Å²) in [6.07, 6.45) is 2.86. The molecule has 2 heterocycles. The molecular formula is C20H19N3O6S. The fourth-order valence-corrected chi connectivity index (χ4v) is 5.04. The van der Waals surface area contributed by atoms with Gasteiger partial charge in [0.2, 0.25) is 0 Å². The van der Waals surface area contributed by atoms with E-state index in [4.69, 9.17) is 9.47 Å². The number of nitro groups is 1. The van der Waals surface area contributed by atoms with E-state index >= 15 is 0 Å². The van der Waals surface area contributed by atoms with Crippen LogP contribution in [0.1, 0.15) is 40.0 Å². The van der Waals surface area contributed by atoms with E-state index in [1.54, 1.807) is 0 Å². The Balaban J connectivity index is 1.55. The Morgan fingerprint density at radius 1 is 1.43 bits per heavy atom. The lowest BCUT2D eigenvalue weighted by atomic mass is 9.89. The van der Waals surface area contributed by atoms with Gasteiger partial charge in [-0.05, 0) is 42.9 Å². The second-order valence-electron chi connectivity index (χ2n) is 7.26. The van der Waals surface area contributed by atoms with Gasteiger partial charge in [-0.15, -0.1) is 11.3 Å². The van der Waals surface area contributed by atoms with Crippen molar-refractivity contribution in [3.8, 4) is 5.75 Å². The predicted molar refractivity (Wildman–Crippen MR) is 110 cm³/mol. The van der Waals surface area contributed by atoms with Gasteiger partial charge in [-0.2, -0.15) is 0 Å². The van der Waals surface area contributed by atoms with Crippen molar-refractivity contribution >= 4 is 33.2 Å². The van der Waals surface area contributed by atoms with Gasteiger partial charge in [0.05, 0.1) is 23.0 Å². The molecule has 30 heavy (non-hydrogen) atoms. The van der Waals surface area contributed by atoms with Gasteiger partial charge in [0.15, 0.2) is 5.75 Å². The number of benzene rings is 1. The van der Waals surface area contributed by atoms with Gasteiger partial charge in [-0.3, -0.25) is 14.9 Å². The Bertz CT molecular complexity index is 1220. The van der Waals surface area contributed by atoms with E-state index in [9.17, 15) is 19.7 Å². The molecule has 0 saturated carbocycles. The van der Waals surface area contributed by atoms with Crippen LogP contribution in [-0.4, -0.2) is 28.0 Å². The second-order valence-corrected chi connectivity index (χ2v) is 8.35. The molecule has 1 aromatic carbocycles. The number of aryl methyl sites for hydroxylation is 1. The summed E-state index contributed by atoms with van der Waals surface area (Å²) >= 11 is 1.51. The van der Waals surface area contributed by atoms with Crippen molar-refractivity contribution in [2.45, 2.75) is 32.8 Å². The molecule has 0 saturated heterocycles. The molecule has 0 bridgehead atoms. The molecule has 0 fully saturated rings. The van der Waals surface area contributed by atoms with Crippen LogP contribution >= 0.6 is 11.3 Å². The van der Waals surface area contributed by atoms with Gasteiger partial charge < -0.3 is 14.5 Å². The lowest BCUT2D eigenvalue weighted by Crippen LogP contribution is -2.16. The molecule has 10 heteroatoms.